The van der Waals surface area contributed by atoms with Crippen molar-refractivity contribution in [3.05, 3.63) is 70.7 Å². The number of rotatable bonds is 6. The summed E-state index contributed by atoms with van der Waals surface area (Å²) in [5.41, 5.74) is 1.16. The fourth-order valence-electron chi connectivity index (χ4n) is 3.33. The van der Waals surface area contributed by atoms with E-state index in [9.17, 15) is 18.0 Å². The first-order valence-corrected chi connectivity index (χ1v) is 9.18. The van der Waals surface area contributed by atoms with Crippen LogP contribution >= 0.6 is 11.6 Å². The van der Waals surface area contributed by atoms with Crippen molar-refractivity contribution in [3.8, 4) is 0 Å². The second-order valence-electron chi connectivity index (χ2n) is 7.53. The number of halogens is 4. The number of carbonyl (C=O) groups excluding carboxylic acids is 1. The van der Waals surface area contributed by atoms with Crippen molar-refractivity contribution in [3.63, 3.8) is 0 Å². The van der Waals surface area contributed by atoms with Crippen LogP contribution in [0.1, 0.15) is 30.7 Å². The highest BCUT2D eigenvalue weighted by molar-refractivity contribution is 6.30. The van der Waals surface area contributed by atoms with Gasteiger partial charge in [0.1, 0.15) is 17.4 Å². The highest BCUT2D eigenvalue weighted by atomic mass is 35.5. The van der Waals surface area contributed by atoms with E-state index in [2.05, 4.69) is 0 Å². The summed E-state index contributed by atoms with van der Waals surface area (Å²) < 4.78 is 48.6. The number of benzene rings is 1. The summed E-state index contributed by atoms with van der Waals surface area (Å²) in [5.74, 6) is -1.06. The van der Waals surface area contributed by atoms with E-state index < -0.39 is 34.4 Å². The lowest BCUT2D eigenvalue weighted by molar-refractivity contribution is -0.147. The van der Waals surface area contributed by atoms with Crippen molar-refractivity contribution in [2.45, 2.75) is 33.1 Å². The molecule has 1 saturated carbocycles. The monoisotopic (exact) mass is 412 g/mol. The number of hydrogen-bond donors (Lipinski definition) is 0. The van der Waals surface area contributed by atoms with Gasteiger partial charge in [-0.05, 0) is 23.0 Å². The maximum absolute atomic E-state index is 12.6. The molecule has 2 aromatic rings. The predicted molar refractivity (Wildman–Crippen MR) is 98.5 cm³/mol. The van der Waals surface area contributed by atoms with Gasteiger partial charge in [0.25, 0.3) is 0 Å². The minimum Gasteiger partial charge on any atom is -0.469 e. The van der Waals surface area contributed by atoms with E-state index in [0.29, 0.717) is 12.0 Å². The molecule has 1 heterocycles. The van der Waals surface area contributed by atoms with Gasteiger partial charge in [-0.2, -0.15) is 13.2 Å². The Morgan fingerprint density at radius 2 is 1.93 bits per heavy atom. The molecule has 28 heavy (non-hydrogen) atoms. The summed E-state index contributed by atoms with van der Waals surface area (Å²) in [7, 11) is 0. The van der Waals surface area contributed by atoms with E-state index in [1.54, 1.807) is 19.9 Å². The average molecular weight is 413 g/mol. The Labute approximate surface area is 166 Å². The summed E-state index contributed by atoms with van der Waals surface area (Å²) in [6, 6.07) is 11.6. The molecule has 0 spiro atoms. The molecule has 0 radical (unpaired) electrons. The molecule has 0 saturated heterocycles. The number of ether oxygens (including phenoxy) is 1. The summed E-state index contributed by atoms with van der Waals surface area (Å²) in [6.07, 6.45) is -1.57. The Hall–Kier alpha value is -2.21. The third-order valence-corrected chi connectivity index (χ3v) is 5.41. The Morgan fingerprint density at radius 3 is 2.57 bits per heavy atom. The quantitative estimate of drug-likeness (QED) is 0.557. The molecule has 150 valence electrons. The van der Waals surface area contributed by atoms with Gasteiger partial charge in [-0.1, -0.05) is 61.9 Å². The van der Waals surface area contributed by atoms with Crippen molar-refractivity contribution < 1.29 is 27.1 Å². The number of esters is 1. The molecule has 0 N–H and O–H groups in total. The Morgan fingerprint density at radius 1 is 1.25 bits per heavy atom. The van der Waals surface area contributed by atoms with Crippen LogP contribution in [0.3, 0.4) is 0 Å². The number of furan rings is 1. The van der Waals surface area contributed by atoms with Gasteiger partial charge in [-0.3, -0.25) is 4.79 Å². The summed E-state index contributed by atoms with van der Waals surface area (Å²) in [5, 5.41) is -1.21. The topological polar surface area (TPSA) is 39.4 Å². The molecule has 0 aliphatic heterocycles. The van der Waals surface area contributed by atoms with Gasteiger partial charge < -0.3 is 9.15 Å². The van der Waals surface area contributed by atoms with Gasteiger partial charge in [0.05, 0.1) is 12.2 Å². The van der Waals surface area contributed by atoms with Crippen LogP contribution in [0.5, 0.6) is 0 Å². The zero-order valence-corrected chi connectivity index (χ0v) is 16.2. The van der Waals surface area contributed by atoms with Gasteiger partial charge in [0.15, 0.2) is 0 Å². The number of alkyl halides is 3. The lowest BCUT2D eigenvalue weighted by Crippen LogP contribution is -2.10. The summed E-state index contributed by atoms with van der Waals surface area (Å²) >= 11 is 5.30. The molecule has 1 aromatic heterocycles. The summed E-state index contributed by atoms with van der Waals surface area (Å²) in [4.78, 5) is 12.3. The van der Waals surface area contributed by atoms with Crippen LogP contribution < -0.4 is 0 Å². The van der Waals surface area contributed by atoms with E-state index in [1.807, 2.05) is 30.3 Å². The Bertz CT molecular complexity index is 869. The van der Waals surface area contributed by atoms with Gasteiger partial charge in [-0.15, -0.1) is 0 Å². The van der Waals surface area contributed by atoms with E-state index in [-0.39, 0.29) is 6.61 Å². The van der Waals surface area contributed by atoms with Crippen LogP contribution in [0.4, 0.5) is 13.2 Å². The maximum Gasteiger partial charge on any atom is 0.426 e. The van der Waals surface area contributed by atoms with Crippen molar-refractivity contribution in [1.29, 1.82) is 0 Å². The van der Waals surface area contributed by atoms with Crippen molar-refractivity contribution in [2.75, 3.05) is 0 Å². The molecule has 2 atom stereocenters. The van der Waals surface area contributed by atoms with Crippen LogP contribution in [-0.4, -0.2) is 12.1 Å². The molecule has 0 bridgehead atoms. The molecule has 3 nitrogen and oxygen atoms in total. The molecule has 3 rings (SSSR count). The predicted octanol–water partition coefficient (Wildman–Crippen LogP) is 5.87. The third-order valence-electron chi connectivity index (χ3n) is 5.07. The van der Waals surface area contributed by atoms with E-state index in [0.717, 1.165) is 17.4 Å². The largest absolute Gasteiger partial charge is 0.469 e. The van der Waals surface area contributed by atoms with Crippen molar-refractivity contribution >= 4 is 17.6 Å². The number of allylic oxidation sites excluding steroid dienone is 2. The third kappa shape index (κ3) is 4.61. The molecule has 1 aliphatic carbocycles. The second-order valence-corrected chi connectivity index (χ2v) is 7.94. The van der Waals surface area contributed by atoms with Crippen LogP contribution in [0.15, 0.2) is 58.2 Å². The Kier molecular flexibility index (Phi) is 5.62. The van der Waals surface area contributed by atoms with Crippen LogP contribution in [0, 0.1) is 17.3 Å². The highest BCUT2D eigenvalue weighted by Crippen LogP contribution is 2.60. The molecule has 1 fully saturated rings. The maximum atomic E-state index is 12.6. The molecular weight excluding hydrogens is 393 g/mol. The average Bonchev–Trinajstić information content (AvgIpc) is 2.94. The van der Waals surface area contributed by atoms with E-state index >= 15 is 0 Å². The smallest absolute Gasteiger partial charge is 0.426 e. The lowest BCUT2D eigenvalue weighted by atomic mass is 10.1. The van der Waals surface area contributed by atoms with Crippen LogP contribution in [0.25, 0.3) is 0 Å². The highest BCUT2D eigenvalue weighted by Gasteiger charge is 2.62. The Balaban J connectivity index is 1.56. The molecule has 1 aromatic carbocycles. The normalized spacial score (nSPS) is 21.4. The SMILES string of the molecule is CC1(C)C(C=C(Cl)C(F)(F)F)C1C(=O)OCc1coc(Cc2ccccc2)c1. The minimum atomic E-state index is -4.61. The zero-order chi connectivity index (χ0) is 20.5. The standard InChI is InChI=1S/C21H20ClF3O3/c1-20(2)16(10-17(22)21(23,24)25)18(20)19(26)28-12-14-9-15(27-11-14)8-13-6-4-3-5-7-13/h3-7,9-11,16,18H,8,12H2,1-2H3. The van der Waals surface area contributed by atoms with Gasteiger partial charge in [0, 0.05) is 12.0 Å². The number of carbonyl (C=O) groups is 1. The molecule has 7 heteroatoms. The zero-order valence-electron chi connectivity index (χ0n) is 15.4. The second kappa shape index (κ2) is 7.66. The van der Waals surface area contributed by atoms with Gasteiger partial charge in [-0.25, -0.2) is 0 Å². The summed E-state index contributed by atoms with van der Waals surface area (Å²) in [6.45, 7) is 3.44. The van der Waals surface area contributed by atoms with E-state index in [4.69, 9.17) is 20.8 Å². The number of hydrogen-bond acceptors (Lipinski definition) is 3. The van der Waals surface area contributed by atoms with Crippen LogP contribution in [-0.2, 0) is 22.6 Å². The fourth-order valence-corrected chi connectivity index (χ4v) is 3.46. The van der Waals surface area contributed by atoms with Gasteiger partial charge >= 0.3 is 12.1 Å². The molecular formula is C21H20ClF3O3. The first-order chi connectivity index (χ1) is 13.1. The van der Waals surface area contributed by atoms with Gasteiger partial charge in [0.2, 0.25) is 0 Å². The van der Waals surface area contributed by atoms with Crippen molar-refractivity contribution in [2.24, 2.45) is 17.3 Å². The first-order valence-electron chi connectivity index (χ1n) is 8.80. The van der Waals surface area contributed by atoms with E-state index in [1.165, 1.54) is 6.26 Å². The fraction of sp³-hybridized carbons (Fsp3) is 0.381. The molecule has 2 unspecified atom stereocenters. The first kappa shape index (κ1) is 20.5. The minimum absolute atomic E-state index is 0.00708. The lowest BCUT2D eigenvalue weighted by Gasteiger charge is -2.04. The molecule has 1 aliphatic rings. The van der Waals surface area contributed by atoms with Crippen LogP contribution in [0.2, 0.25) is 0 Å². The van der Waals surface area contributed by atoms with Crippen molar-refractivity contribution in [1.82, 2.24) is 0 Å². The molecule has 0 amide bonds.